The van der Waals surface area contributed by atoms with Crippen molar-refractivity contribution < 1.29 is 18.9 Å². The van der Waals surface area contributed by atoms with Gasteiger partial charge in [-0.3, -0.25) is 20.2 Å². The first-order chi connectivity index (χ1) is 13.5. The summed E-state index contributed by atoms with van der Waals surface area (Å²) in [6, 6.07) is 9.65. The number of piperidine rings is 1. The van der Waals surface area contributed by atoms with E-state index in [0.29, 0.717) is 12.2 Å². The van der Waals surface area contributed by atoms with Crippen LogP contribution in [0.15, 0.2) is 40.8 Å². The number of hydrogen-bond acceptors (Lipinski definition) is 6. The maximum absolute atomic E-state index is 12.0. The van der Waals surface area contributed by atoms with E-state index in [4.69, 9.17) is 4.42 Å². The van der Waals surface area contributed by atoms with Gasteiger partial charge in [-0.25, -0.2) is 14.8 Å². The molecule has 2 aliphatic heterocycles. The van der Waals surface area contributed by atoms with Crippen molar-refractivity contribution in [2.24, 2.45) is 0 Å². The second kappa shape index (κ2) is 7.43. The number of hydrogen-bond donors (Lipinski definition) is 1. The van der Waals surface area contributed by atoms with Crippen LogP contribution in [0.5, 0.6) is 0 Å². The molecule has 0 spiro atoms. The van der Waals surface area contributed by atoms with Gasteiger partial charge in [0.05, 0.1) is 4.92 Å². The van der Waals surface area contributed by atoms with Crippen LogP contribution >= 0.6 is 0 Å². The monoisotopic (exact) mass is 384 g/mol. The van der Waals surface area contributed by atoms with E-state index in [1.807, 2.05) is 17.1 Å². The van der Waals surface area contributed by atoms with Crippen LogP contribution in [0.25, 0.3) is 11.3 Å². The first-order valence-electron chi connectivity index (χ1n) is 9.23. The Hall–Kier alpha value is -3.20. The minimum absolute atomic E-state index is 0.0341. The molecule has 0 aliphatic carbocycles. The second-order valence-corrected chi connectivity index (χ2v) is 7.00. The Morgan fingerprint density at radius 3 is 2.61 bits per heavy atom. The minimum Gasteiger partial charge on any atom is -0.461 e. The number of nitro benzene ring substituents is 1. The van der Waals surface area contributed by atoms with E-state index < -0.39 is 4.92 Å². The number of rotatable bonds is 5. The molecule has 1 N–H and O–H groups in total. The van der Waals surface area contributed by atoms with Gasteiger partial charge >= 0.3 is 6.03 Å². The van der Waals surface area contributed by atoms with E-state index in [1.54, 1.807) is 12.1 Å². The molecule has 9 heteroatoms. The maximum atomic E-state index is 12.0. The number of imide groups is 1. The normalized spacial score (nSPS) is 20.4. The zero-order valence-corrected chi connectivity index (χ0v) is 15.2. The lowest BCUT2D eigenvalue weighted by atomic mass is 10.00. The number of urea groups is 1. The highest BCUT2D eigenvalue weighted by Crippen LogP contribution is 2.28. The van der Waals surface area contributed by atoms with Crippen LogP contribution in [0.3, 0.4) is 0 Å². The molecule has 1 unspecified atom stereocenters. The lowest BCUT2D eigenvalue weighted by Gasteiger charge is -2.39. The Balaban J connectivity index is 1.48. The highest BCUT2D eigenvalue weighted by Gasteiger charge is 2.36. The molecule has 4 rings (SSSR count). The van der Waals surface area contributed by atoms with Crippen molar-refractivity contribution in [3.05, 3.63) is 52.3 Å². The molecule has 146 valence electrons. The van der Waals surface area contributed by atoms with Crippen molar-refractivity contribution in [2.75, 3.05) is 13.1 Å². The molecule has 1 atom stereocenters. The molecule has 2 aromatic rings. The van der Waals surface area contributed by atoms with Crippen LogP contribution in [-0.2, 0) is 11.2 Å². The number of carbonyl (C=O) groups excluding carboxylic acids is 2. The Labute approximate surface area is 161 Å². The Morgan fingerprint density at radius 1 is 1.14 bits per heavy atom. The molecule has 3 heterocycles. The van der Waals surface area contributed by atoms with Crippen molar-refractivity contribution in [3.8, 4) is 11.3 Å². The standard InChI is InChI=1S/C19H20N4O5/c24-18-12-22(19(25)20-18)21-10-2-1-3-15(21)11-16-8-9-17(28-16)13-4-6-14(7-5-13)23(26)27/h4-9,15H,1-3,10-12H2,(H,20,24,25). The van der Waals surface area contributed by atoms with Crippen LogP contribution in [0.1, 0.15) is 25.0 Å². The Morgan fingerprint density at radius 2 is 1.93 bits per heavy atom. The van der Waals surface area contributed by atoms with Gasteiger partial charge in [0.15, 0.2) is 0 Å². The topological polar surface area (TPSA) is 109 Å². The zero-order valence-electron chi connectivity index (χ0n) is 15.2. The maximum Gasteiger partial charge on any atom is 0.339 e. The van der Waals surface area contributed by atoms with E-state index >= 15 is 0 Å². The van der Waals surface area contributed by atoms with Gasteiger partial charge in [-0.1, -0.05) is 6.42 Å². The zero-order chi connectivity index (χ0) is 19.7. The summed E-state index contributed by atoms with van der Waals surface area (Å²) in [7, 11) is 0. The number of benzene rings is 1. The van der Waals surface area contributed by atoms with Gasteiger partial charge in [-0.2, -0.15) is 0 Å². The summed E-state index contributed by atoms with van der Waals surface area (Å²) in [6.07, 6.45) is 3.55. The fourth-order valence-electron chi connectivity index (χ4n) is 3.77. The number of non-ortho nitro benzene ring substituents is 1. The van der Waals surface area contributed by atoms with Gasteiger partial charge in [-0.15, -0.1) is 0 Å². The minimum atomic E-state index is -0.436. The van der Waals surface area contributed by atoms with Crippen LogP contribution in [0.4, 0.5) is 10.5 Å². The van der Waals surface area contributed by atoms with Crippen LogP contribution < -0.4 is 5.32 Å². The van der Waals surface area contributed by atoms with Crippen LogP contribution in [0.2, 0.25) is 0 Å². The second-order valence-electron chi connectivity index (χ2n) is 7.00. The molecule has 2 saturated heterocycles. The number of nitrogens with one attached hydrogen (secondary N) is 1. The SMILES string of the molecule is O=C1CN(N2CCCCC2Cc2ccc(-c3ccc([N+](=O)[O-])cc3)o2)C(=O)N1. The van der Waals surface area contributed by atoms with E-state index in [2.05, 4.69) is 5.32 Å². The van der Waals surface area contributed by atoms with Gasteiger partial charge in [0.1, 0.15) is 18.1 Å². The van der Waals surface area contributed by atoms with Gasteiger partial charge in [0.2, 0.25) is 5.91 Å². The number of carbonyl (C=O) groups is 2. The summed E-state index contributed by atoms with van der Waals surface area (Å²) >= 11 is 0. The summed E-state index contributed by atoms with van der Waals surface area (Å²) in [5.41, 5.74) is 0.800. The summed E-state index contributed by atoms with van der Waals surface area (Å²) in [4.78, 5) is 33.9. The highest BCUT2D eigenvalue weighted by molar-refractivity contribution is 6.01. The highest BCUT2D eigenvalue weighted by atomic mass is 16.6. The Kier molecular flexibility index (Phi) is 4.82. The van der Waals surface area contributed by atoms with Gasteiger partial charge in [0, 0.05) is 36.7 Å². The number of amides is 3. The predicted molar refractivity (Wildman–Crippen MR) is 99.1 cm³/mol. The predicted octanol–water partition coefficient (Wildman–Crippen LogP) is 2.72. The smallest absolute Gasteiger partial charge is 0.339 e. The third-order valence-electron chi connectivity index (χ3n) is 5.14. The van der Waals surface area contributed by atoms with Crippen molar-refractivity contribution in [1.82, 2.24) is 15.3 Å². The molecule has 0 bridgehead atoms. The molecule has 2 aliphatic rings. The van der Waals surface area contributed by atoms with Crippen molar-refractivity contribution in [2.45, 2.75) is 31.7 Å². The first-order valence-corrected chi connectivity index (χ1v) is 9.23. The molecule has 2 fully saturated rings. The van der Waals surface area contributed by atoms with Gasteiger partial charge < -0.3 is 4.42 Å². The van der Waals surface area contributed by atoms with Crippen LogP contribution in [0, 0.1) is 10.1 Å². The molecule has 0 saturated carbocycles. The summed E-state index contributed by atoms with van der Waals surface area (Å²) in [6.45, 7) is 0.781. The molecule has 0 radical (unpaired) electrons. The third kappa shape index (κ3) is 3.61. The molecule has 1 aromatic carbocycles. The molecule has 9 nitrogen and oxygen atoms in total. The average molecular weight is 384 g/mol. The van der Waals surface area contributed by atoms with Gasteiger partial charge in [0.25, 0.3) is 5.69 Å². The van der Waals surface area contributed by atoms with E-state index in [0.717, 1.165) is 37.1 Å². The van der Waals surface area contributed by atoms with Gasteiger partial charge in [-0.05, 0) is 37.1 Å². The number of hydrazine groups is 1. The lowest BCUT2D eigenvalue weighted by Crippen LogP contribution is -2.53. The van der Waals surface area contributed by atoms with E-state index in [-0.39, 0.29) is 30.2 Å². The largest absolute Gasteiger partial charge is 0.461 e. The molecular weight excluding hydrogens is 364 g/mol. The average Bonchev–Trinajstić information content (AvgIpc) is 3.28. The van der Waals surface area contributed by atoms with Crippen molar-refractivity contribution in [1.29, 1.82) is 0 Å². The molecule has 28 heavy (non-hydrogen) atoms. The number of nitrogens with zero attached hydrogens (tertiary/aromatic N) is 3. The van der Waals surface area contributed by atoms with E-state index in [1.165, 1.54) is 17.1 Å². The molecular formula is C19H20N4O5. The number of furan rings is 1. The third-order valence-corrected chi connectivity index (χ3v) is 5.14. The first kappa shape index (κ1) is 18.2. The van der Waals surface area contributed by atoms with Crippen LogP contribution in [-0.4, -0.2) is 46.0 Å². The fraction of sp³-hybridized carbons (Fsp3) is 0.368. The summed E-state index contributed by atoms with van der Waals surface area (Å²) in [5.74, 6) is 1.13. The van der Waals surface area contributed by atoms with Crippen molar-refractivity contribution in [3.63, 3.8) is 0 Å². The summed E-state index contributed by atoms with van der Waals surface area (Å²) in [5, 5.41) is 16.6. The quantitative estimate of drug-likeness (QED) is 0.482. The molecule has 1 aromatic heterocycles. The summed E-state index contributed by atoms with van der Waals surface area (Å²) < 4.78 is 5.95. The molecule has 3 amide bonds. The Bertz CT molecular complexity index is 907. The van der Waals surface area contributed by atoms with Crippen molar-refractivity contribution >= 4 is 17.6 Å². The number of nitro groups is 1. The fourth-order valence-corrected chi connectivity index (χ4v) is 3.77. The lowest BCUT2D eigenvalue weighted by molar-refractivity contribution is -0.384. The van der Waals surface area contributed by atoms with E-state index in [9.17, 15) is 19.7 Å².